The molecule has 0 aliphatic heterocycles. The number of thiazole rings is 1. The summed E-state index contributed by atoms with van der Waals surface area (Å²) in [7, 11) is 1.62. The molecule has 0 aliphatic rings. The average Bonchev–Trinajstić information content (AvgIpc) is 2.85. The van der Waals surface area contributed by atoms with E-state index in [1.807, 2.05) is 31.2 Å². The molecule has 2 rings (SSSR count). The van der Waals surface area contributed by atoms with Crippen LogP contribution in [0.2, 0.25) is 0 Å². The molecule has 1 aromatic carbocycles. The van der Waals surface area contributed by atoms with Gasteiger partial charge in [0.1, 0.15) is 5.75 Å². The van der Waals surface area contributed by atoms with Crippen LogP contribution in [0.1, 0.15) is 21.1 Å². The van der Waals surface area contributed by atoms with Crippen molar-refractivity contribution in [1.82, 2.24) is 10.3 Å². The second-order valence-electron chi connectivity index (χ2n) is 4.56. The van der Waals surface area contributed by atoms with E-state index in [-0.39, 0.29) is 18.9 Å². The summed E-state index contributed by atoms with van der Waals surface area (Å²) in [4.78, 5) is 17.0. The van der Waals surface area contributed by atoms with Crippen molar-refractivity contribution in [2.45, 2.75) is 26.5 Å². The van der Waals surface area contributed by atoms with Crippen LogP contribution in [0.5, 0.6) is 5.75 Å². The van der Waals surface area contributed by atoms with Crippen molar-refractivity contribution in [3.63, 3.8) is 0 Å². The fourth-order valence-corrected chi connectivity index (χ4v) is 2.75. The fraction of sp³-hybridized carbons (Fsp3) is 0.333. The second-order valence-corrected chi connectivity index (χ2v) is 5.85. The zero-order valence-corrected chi connectivity index (χ0v) is 12.9. The summed E-state index contributed by atoms with van der Waals surface area (Å²) in [5.41, 5.74) is 1.66. The van der Waals surface area contributed by atoms with E-state index in [1.54, 1.807) is 7.11 Å². The highest BCUT2D eigenvalue weighted by Gasteiger charge is 2.12. The van der Waals surface area contributed by atoms with Crippen LogP contribution >= 0.6 is 11.3 Å². The molecule has 0 bridgehead atoms. The standard InChI is InChI=1S/C15H18N2O3S/c1-10-17-13(14(9-18)21-10)7-15(19)16-8-11-3-5-12(20-2)6-4-11/h3-6,18H,7-9H2,1-2H3,(H,16,19). The first-order valence-corrected chi connectivity index (χ1v) is 7.39. The third-order valence-corrected chi connectivity index (χ3v) is 4.00. The zero-order chi connectivity index (χ0) is 15.2. The number of nitrogens with zero attached hydrogens (tertiary/aromatic N) is 1. The normalized spacial score (nSPS) is 10.4. The van der Waals surface area contributed by atoms with Crippen molar-refractivity contribution >= 4 is 17.2 Å². The van der Waals surface area contributed by atoms with Gasteiger partial charge in [-0.2, -0.15) is 0 Å². The van der Waals surface area contributed by atoms with Crippen molar-refractivity contribution < 1.29 is 14.6 Å². The molecule has 1 aromatic heterocycles. The molecular weight excluding hydrogens is 288 g/mol. The van der Waals surface area contributed by atoms with E-state index in [1.165, 1.54) is 11.3 Å². The van der Waals surface area contributed by atoms with Crippen LogP contribution in [-0.4, -0.2) is 23.1 Å². The number of aryl methyl sites for hydroxylation is 1. The minimum Gasteiger partial charge on any atom is -0.497 e. The fourth-order valence-electron chi connectivity index (χ4n) is 1.93. The Bertz CT molecular complexity index is 608. The monoisotopic (exact) mass is 306 g/mol. The maximum Gasteiger partial charge on any atom is 0.226 e. The van der Waals surface area contributed by atoms with E-state index in [0.717, 1.165) is 21.2 Å². The van der Waals surface area contributed by atoms with Crippen LogP contribution in [0.15, 0.2) is 24.3 Å². The molecule has 0 atom stereocenters. The van der Waals surface area contributed by atoms with Gasteiger partial charge in [-0.05, 0) is 24.6 Å². The maximum atomic E-state index is 11.9. The van der Waals surface area contributed by atoms with Crippen LogP contribution in [0, 0.1) is 6.92 Å². The number of hydrogen-bond acceptors (Lipinski definition) is 5. The van der Waals surface area contributed by atoms with Crippen molar-refractivity contribution in [3.05, 3.63) is 45.4 Å². The van der Waals surface area contributed by atoms with E-state index >= 15 is 0 Å². The molecule has 0 aliphatic carbocycles. The molecule has 0 radical (unpaired) electrons. The molecule has 6 heteroatoms. The number of carbonyl (C=O) groups is 1. The van der Waals surface area contributed by atoms with E-state index in [0.29, 0.717) is 12.2 Å². The number of ether oxygens (including phenoxy) is 1. The van der Waals surface area contributed by atoms with Gasteiger partial charge in [-0.1, -0.05) is 12.1 Å². The lowest BCUT2D eigenvalue weighted by atomic mass is 10.2. The van der Waals surface area contributed by atoms with Crippen LogP contribution in [0.4, 0.5) is 0 Å². The number of amides is 1. The lowest BCUT2D eigenvalue weighted by Gasteiger charge is -2.06. The number of hydrogen-bond donors (Lipinski definition) is 2. The molecule has 0 saturated carbocycles. The molecular formula is C15H18N2O3S. The largest absolute Gasteiger partial charge is 0.497 e. The summed E-state index contributed by atoms with van der Waals surface area (Å²) in [5, 5.41) is 12.9. The Morgan fingerprint density at radius 3 is 2.71 bits per heavy atom. The SMILES string of the molecule is COc1ccc(CNC(=O)Cc2nc(C)sc2CO)cc1. The average molecular weight is 306 g/mol. The van der Waals surface area contributed by atoms with E-state index in [2.05, 4.69) is 10.3 Å². The Balaban J connectivity index is 1.89. The minimum atomic E-state index is -0.106. The Kier molecular flexibility index (Phi) is 5.30. The Morgan fingerprint density at radius 1 is 1.38 bits per heavy atom. The Morgan fingerprint density at radius 2 is 2.10 bits per heavy atom. The number of carbonyl (C=O) groups excluding carboxylic acids is 1. The summed E-state index contributed by atoms with van der Waals surface area (Å²) in [6.07, 6.45) is 0.191. The number of benzene rings is 1. The van der Waals surface area contributed by atoms with Gasteiger partial charge in [0.15, 0.2) is 0 Å². The molecule has 1 heterocycles. The Labute approximate surface area is 127 Å². The van der Waals surface area contributed by atoms with Crippen molar-refractivity contribution in [2.24, 2.45) is 0 Å². The van der Waals surface area contributed by atoms with Gasteiger partial charge >= 0.3 is 0 Å². The summed E-state index contributed by atoms with van der Waals surface area (Å²) < 4.78 is 5.08. The first-order valence-electron chi connectivity index (χ1n) is 6.58. The zero-order valence-electron chi connectivity index (χ0n) is 12.0. The van der Waals surface area contributed by atoms with Crippen LogP contribution in [0.25, 0.3) is 0 Å². The minimum absolute atomic E-state index is 0.0768. The lowest BCUT2D eigenvalue weighted by molar-refractivity contribution is -0.120. The molecule has 2 aromatic rings. The molecule has 0 saturated heterocycles. The highest BCUT2D eigenvalue weighted by molar-refractivity contribution is 7.11. The van der Waals surface area contributed by atoms with Crippen LogP contribution in [-0.2, 0) is 24.4 Å². The molecule has 2 N–H and O–H groups in total. The second kappa shape index (κ2) is 7.19. The maximum absolute atomic E-state index is 11.9. The smallest absolute Gasteiger partial charge is 0.226 e. The van der Waals surface area contributed by atoms with Gasteiger partial charge < -0.3 is 15.2 Å². The summed E-state index contributed by atoms with van der Waals surface area (Å²) in [5.74, 6) is 0.682. The third-order valence-electron chi connectivity index (χ3n) is 3.01. The van der Waals surface area contributed by atoms with Crippen molar-refractivity contribution in [1.29, 1.82) is 0 Å². The van der Waals surface area contributed by atoms with Gasteiger partial charge in [-0.3, -0.25) is 4.79 Å². The van der Waals surface area contributed by atoms with Gasteiger partial charge in [0.2, 0.25) is 5.91 Å². The molecule has 0 unspecified atom stereocenters. The predicted octanol–water partition coefficient (Wildman–Crippen LogP) is 1.81. The van der Waals surface area contributed by atoms with Crippen LogP contribution < -0.4 is 10.1 Å². The van der Waals surface area contributed by atoms with Gasteiger partial charge in [-0.15, -0.1) is 11.3 Å². The van der Waals surface area contributed by atoms with E-state index < -0.39 is 0 Å². The number of nitrogens with one attached hydrogen (secondary N) is 1. The topological polar surface area (TPSA) is 71.5 Å². The number of rotatable bonds is 6. The molecule has 0 fully saturated rings. The number of aromatic nitrogens is 1. The molecule has 21 heavy (non-hydrogen) atoms. The third kappa shape index (κ3) is 4.27. The number of aliphatic hydroxyl groups is 1. The van der Waals surface area contributed by atoms with Crippen molar-refractivity contribution in [3.8, 4) is 5.75 Å². The predicted molar refractivity (Wildman–Crippen MR) is 81.3 cm³/mol. The first-order chi connectivity index (χ1) is 10.1. The first kappa shape index (κ1) is 15.5. The highest BCUT2D eigenvalue weighted by Crippen LogP contribution is 2.18. The Hall–Kier alpha value is -1.92. The lowest BCUT2D eigenvalue weighted by Crippen LogP contribution is -2.25. The van der Waals surface area contributed by atoms with Gasteiger partial charge in [0.25, 0.3) is 0 Å². The summed E-state index contributed by atoms with van der Waals surface area (Å²) in [6.45, 7) is 2.25. The van der Waals surface area contributed by atoms with Gasteiger partial charge in [0, 0.05) is 6.54 Å². The quantitative estimate of drug-likeness (QED) is 0.854. The summed E-state index contributed by atoms with van der Waals surface area (Å²) >= 11 is 1.42. The molecule has 5 nitrogen and oxygen atoms in total. The van der Waals surface area contributed by atoms with Gasteiger partial charge in [0.05, 0.1) is 35.7 Å². The van der Waals surface area contributed by atoms with E-state index in [9.17, 15) is 9.90 Å². The molecule has 112 valence electrons. The number of aliphatic hydroxyl groups excluding tert-OH is 1. The summed E-state index contributed by atoms with van der Waals surface area (Å²) in [6, 6.07) is 7.53. The molecule has 0 spiro atoms. The molecule has 1 amide bonds. The van der Waals surface area contributed by atoms with Crippen LogP contribution in [0.3, 0.4) is 0 Å². The number of methoxy groups -OCH3 is 1. The highest BCUT2D eigenvalue weighted by atomic mass is 32.1. The van der Waals surface area contributed by atoms with Gasteiger partial charge in [-0.25, -0.2) is 4.98 Å². The van der Waals surface area contributed by atoms with Crippen molar-refractivity contribution in [2.75, 3.05) is 7.11 Å². The van der Waals surface area contributed by atoms with E-state index in [4.69, 9.17) is 4.74 Å².